The van der Waals surface area contributed by atoms with Crippen LogP contribution in [0.25, 0.3) is 0 Å². The van der Waals surface area contributed by atoms with Crippen molar-refractivity contribution in [1.29, 1.82) is 0 Å². The summed E-state index contributed by atoms with van der Waals surface area (Å²) in [4.78, 5) is 35.7. The number of aryl methyl sites for hydroxylation is 2. The third-order valence-corrected chi connectivity index (χ3v) is 4.41. The zero-order valence-corrected chi connectivity index (χ0v) is 15.7. The summed E-state index contributed by atoms with van der Waals surface area (Å²) in [7, 11) is 0. The van der Waals surface area contributed by atoms with Crippen molar-refractivity contribution in [3.63, 3.8) is 0 Å². The van der Waals surface area contributed by atoms with E-state index in [4.69, 9.17) is 4.74 Å². The summed E-state index contributed by atoms with van der Waals surface area (Å²) in [6, 6.07) is 8.28. The fourth-order valence-electron chi connectivity index (χ4n) is 2.89. The topological polar surface area (TPSA) is 72.5 Å². The molecular formula is C21H23NO4. The van der Waals surface area contributed by atoms with Crippen LogP contribution in [0.1, 0.15) is 49.9 Å². The second-order valence-corrected chi connectivity index (χ2v) is 6.39. The summed E-state index contributed by atoms with van der Waals surface area (Å²) in [6.45, 7) is 8.87. The van der Waals surface area contributed by atoms with E-state index in [0.717, 1.165) is 22.3 Å². The molecule has 0 aliphatic rings. The monoisotopic (exact) mass is 353 g/mol. The number of amides is 1. The molecule has 0 aromatic heterocycles. The molecule has 0 spiro atoms. The Hall–Kier alpha value is -2.95. The van der Waals surface area contributed by atoms with Gasteiger partial charge in [-0.1, -0.05) is 6.07 Å². The summed E-state index contributed by atoms with van der Waals surface area (Å²) >= 11 is 0. The summed E-state index contributed by atoms with van der Waals surface area (Å²) in [5.74, 6) is -0.983. The predicted molar refractivity (Wildman–Crippen MR) is 101 cm³/mol. The maximum absolute atomic E-state index is 12.5. The number of Topliss-reactive ketones (excluding diaryl/α,β-unsaturated/α-hetero) is 1. The highest BCUT2D eigenvalue weighted by Gasteiger charge is 2.17. The second-order valence-electron chi connectivity index (χ2n) is 6.39. The molecule has 2 aromatic rings. The number of carbonyl (C=O) groups excluding carboxylic acids is 3. The maximum atomic E-state index is 12.5. The Morgan fingerprint density at radius 3 is 2.12 bits per heavy atom. The van der Waals surface area contributed by atoms with Crippen LogP contribution in [0.3, 0.4) is 0 Å². The van der Waals surface area contributed by atoms with Crippen molar-refractivity contribution in [3.05, 3.63) is 63.7 Å². The first-order valence-electron chi connectivity index (χ1n) is 8.36. The van der Waals surface area contributed by atoms with Gasteiger partial charge in [0.25, 0.3) is 0 Å². The summed E-state index contributed by atoms with van der Waals surface area (Å²) < 4.78 is 5.17. The van der Waals surface area contributed by atoms with E-state index in [0.29, 0.717) is 16.8 Å². The molecule has 1 N–H and O–H groups in total. The molecule has 0 aliphatic carbocycles. The molecule has 2 rings (SSSR count). The molecule has 2 aromatic carbocycles. The van der Waals surface area contributed by atoms with Gasteiger partial charge in [-0.05, 0) is 74.2 Å². The van der Waals surface area contributed by atoms with E-state index in [2.05, 4.69) is 5.32 Å². The van der Waals surface area contributed by atoms with Crippen LogP contribution in [0.2, 0.25) is 0 Å². The molecule has 0 atom stereocenters. The number of nitrogens with one attached hydrogen (secondary N) is 1. The van der Waals surface area contributed by atoms with Crippen LogP contribution >= 0.6 is 0 Å². The Morgan fingerprint density at radius 1 is 0.923 bits per heavy atom. The normalized spacial score (nSPS) is 10.3. The molecule has 1 amide bonds. The van der Waals surface area contributed by atoms with Crippen LogP contribution in [-0.4, -0.2) is 24.3 Å². The third-order valence-electron chi connectivity index (χ3n) is 4.41. The number of anilines is 1. The lowest BCUT2D eigenvalue weighted by molar-refractivity contribution is -0.114. The van der Waals surface area contributed by atoms with E-state index >= 15 is 0 Å². The Kier molecular flexibility index (Phi) is 5.93. The first-order valence-corrected chi connectivity index (χ1v) is 8.36. The molecule has 0 fully saturated rings. The number of rotatable bonds is 5. The zero-order valence-electron chi connectivity index (χ0n) is 15.7. The smallest absolute Gasteiger partial charge is 0.338 e. The van der Waals surface area contributed by atoms with Crippen LogP contribution in [0.5, 0.6) is 0 Å². The van der Waals surface area contributed by atoms with Gasteiger partial charge in [-0.25, -0.2) is 4.79 Å². The molecule has 0 aliphatic heterocycles. The Bertz CT molecular complexity index is 867. The number of esters is 1. The number of hydrogen-bond donors (Lipinski definition) is 1. The van der Waals surface area contributed by atoms with Gasteiger partial charge in [-0.2, -0.15) is 0 Å². The second kappa shape index (κ2) is 7.95. The fraction of sp³-hybridized carbons (Fsp3) is 0.286. The highest BCUT2D eigenvalue weighted by atomic mass is 16.5. The van der Waals surface area contributed by atoms with E-state index in [9.17, 15) is 14.4 Å². The number of ketones is 1. The first kappa shape index (κ1) is 19.4. The molecule has 26 heavy (non-hydrogen) atoms. The van der Waals surface area contributed by atoms with Crippen molar-refractivity contribution < 1.29 is 19.1 Å². The molecule has 136 valence electrons. The SMILES string of the molecule is CC(=O)Nc1ccc(C(=O)OCC(=O)c2c(C)cc(C)c(C)c2C)cc1. The van der Waals surface area contributed by atoms with Crippen molar-refractivity contribution in [2.75, 3.05) is 11.9 Å². The summed E-state index contributed by atoms with van der Waals surface area (Å²) in [5, 5.41) is 2.62. The van der Waals surface area contributed by atoms with Crippen molar-refractivity contribution in [2.45, 2.75) is 34.6 Å². The van der Waals surface area contributed by atoms with E-state index < -0.39 is 5.97 Å². The molecule has 5 nitrogen and oxygen atoms in total. The number of ether oxygens (including phenoxy) is 1. The molecule has 0 unspecified atom stereocenters. The van der Waals surface area contributed by atoms with Crippen LogP contribution in [0.15, 0.2) is 30.3 Å². The average molecular weight is 353 g/mol. The Morgan fingerprint density at radius 2 is 1.54 bits per heavy atom. The van der Waals surface area contributed by atoms with E-state index in [1.54, 1.807) is 24.3 Å². The maximum Gasteiger partial charge on any atom is 0.338 e. The quantitative estimate of drug-likeness (QED) is 0.653. The number of hydrogen-bond acceptors (Lipinski definition) is 4. The van der Waals surface area contributed by atoms with Crippen molar-refractivity contribution in [1.82, 2.24) is 0 Å². The first-order chi connectivity index (χ1) is 12.2. The van der Waals surface area contributed by atoms with Gasteiger partial charge < -0.3 is 10.1 Å². The highest BCUT2D eigenvalue weighted by molar-refractivity contribution is 6.02. The minimum atomic E-state index is -0.577. The van der Waals surface area contributed by atoms with Gasteiger partial charge in [0.15, 0.2) is 6.61 Å². The summed E-state index contributed by atoms with van der Waals surface area (Å²) in [6.07, 6.45) is 0. The van der Waals surface area contributed by atoms with E-state index in [-0.39, 0.29) is 18.3 Å². The van der Waals surface area contributed by atoms with Gasteiger partial charge in [0.2, 0.25) is 11.7 Å². The van der Waals surface area contributed by atoms with Crippen molar-refractivity contribution >= 4 is 23.3 Å². The molecule has 0 saturated heterocycles. The molecule has 0 radical (unpaired) electrons. The molecule has 0 heterocycles. The number of benzene rings is 2. The largest absolute Gasteiger partial charge is 0.454 e. The lowest BCUT2D eigenvalue weighted by Gasteiger charge is -2.14. The molecule has 0 saturated carbocycles. The molecule has 0 bridgehead atoms. The van der Waals surface area contributed by atoms with Gasteiger partial charge in [0.05, 0.1) is 5.56 Å². The van der Waals surface area contributed by atoms with Crippen molar-refractivity contribution in [2.24, 2.45) is 0 Å². The van der Waals surface area contributed by atoms with Crippen molar-refractivity contribution in [3.8, 4) is 0 Å². The summed E-state index contributed by atoms with van der Waals surface area (Å²) in [5.41, 5.74) is 5.52. The fourth-order valence-corrected chi connectivity index (χ4v) is 2.89. The van der Waals surface area contributed by atoms with Crippen LogP contribution in [-0.2, 0) is 9.53 Å². The minimum absolute atomic E-state index is 0.190. The lowest BCUT2D eigenvalue weighted by atomic mass is 9.92. The van der Waals surface area contributed by atoms with E-state index in [1.165, 1.54) is 6.92 Å². The molecule has 5 heteroatoms. The van der Waals surface area contributed by atoms with E-state index in [1.807, 2.05) is 33.8 Å². The lowest BCUT2D eigenvalue weighted by Crippen LogP contribution is -2.17. The van der Waals surface area contributed by atoms with Gasteiger partial charge >= 0.3 is 5.97 Å². The van der Waals surface area contributed by atoms with Crippen LogP contribution in [0, 0.1) is 27.7 Å². The Labute approximate surface area is 153 Å². The number of carbonyl (C=O) groups is 3. The van der Waals surface area contributed by atoms with Crippen LogP contribution in [0.4, 0.5) is 5.69 Å². The zero-order chi connectivity index (χ0) is 19.4. The van der Waals surface area contributed by atoms with Gasteiger partial charge in [-0.3, -0.25) is 9.59 Å². The standard InChI is InChI=1S/C21H23NO4/c1-12-10-13(2)20(15(4)14(12)3)19(24)11-26-21(25)17-6-8-18(9-7-17)22-16(5)23/h6-10H,11H2,1-5H3,(H,22,23). The minimum Gasteiger partial charge on any atom is -0.454 e. The molecular weight excluding hydrogens is 330 g/mol. The predicted octanol–water partition coefficient (Wildman–Crippen LogP) is 3.92. The highest BCUT2D eigenvalue weighted by Crippen LogP contribution is 2.22. The Balaban J connectivity index is 2.07. The third kappa shape index (κ3) is 4.36. The average Bonchev–Trinajstić information content (AvgIpc) is 2.58. The van der Waals surface area contributed by atoms with Gasteiger partial charge in [0.1, 0.15) is 0 Å². The van der Waals surface area contributed by atoms with Gasteiger partial charge in [0, 0.05) is 18.2 Å². The van der Waals surface area contributed by atoms with Crippen LogP contribution < -0.4 is 5.32 Å². The van der Waals surface area contributed by atoms with Gasteiger partial charge in [-0.15, -0.1) is 0 Å².